The molecule has 0 atom stereocenters. The van der Waals surface area contributed by atoms with Crippen molar-refractivity contribution in [2.24, 2.45) is 5.14 Å². The van der Waals surface area contributed by atoms with Crippen LogP contribution in [0.2, 0.25) is 0 Å². The van der Waals surface area contributed by atoms with Crippen LogP contribution in [0.3, 0.4) is 0 Å². The summed E-state index contributed by atoms with van der Waals surface area (Å²) in [6.07, 6.45) is 0. The molecule has 2 aromatic rings. The number of methoxy groups -OCH3 is 1. The number of nitrogen functional groups attached to an aromatic ring is 1. The van der Waals surface area contributed by atoms with Crippen molar-refractivity contribution in [1.29, 1.82) is 0 Å². The van der Waals surface area contributed by atoms with Gasteiger partial charge in [-0.05, 0) is 24.3 Å². The highest BCUT2D eigenvalue weighted by Gasteiger charge is 2.11. The number of nitrogens with two attached hydrogens (primary N) is 2. The topological polar surface area (TPSA) is 107 Å². The van der Waals surface area contributed by atoms with Crippen LogP contribution in [0.4, 0.5) is 17.1 Å². The molecule has 21 heavy (non-hydrogen) atoms. The number of ether oxygens (including phenoxy) is 1. The van der Waals surface area contributed by atoms with Crippen LogP contribution < -0.4 is 16.2 Å². The van der Waals surface area contributed by atoms with Crippen molar-refractivity contribution >= 4 is 27.1 Å². The van der Waals surface area contributed by atoms with Gasteiger partial charge in [0.25, 0.3) is 0 Å². The van der Waals surface area contributed by atoms with E-state index in [4.69, 9.17) is 15.6 Å². The molecule has 2 aromatic carbocycles. The molecule has 0 bridgehead atoms. The van der Waals surface area contributed by atoms with Crippen LogP contribution in [0.25, 0.3) is 0 Å². The smallest absolute Gasteiger partial charge is 0.238 e. The Bertz CT molecular complexity index is 745. The summed E-state index contributed by atoms with van der Waals surface area (Å²) in [4.78, 5) is -0.0331. The number of para-hydroxylation sites is 1. The molecule has 0 amide bonds. The van der Waals surface area contributed by atoms with Gasteiger partial charge in [-0.25, -0.2) is 13.6 Å². The van der Waals surface area contributed by atoms with Crippen molar-refractivity contribution in [3.63, 3.8) is 0 Å². The number of hydrogen-bond acceptors (Lipinski definition) is 5. The molecular weight excluding hydrogens is 290 g/mol. The Morgan fingerprint density at radius 3 is 2.57 bits per heavy atom. The lowest BCUT2D eigenvalue weighted by Crippen LogP contribution is -2.13. The highest BCUT2D eigenvalue weighted by Crippen LogP contribution is 2.25. The first-order valence-electron chi connectivity index (χ1n) is 6.17. The predicted octanol–water partition coefficient (Wildman–Crippen LogP) is 1.81. The fraction of sp³-hybridized carbons (Fsp3) is 0.143. The van der Waals surface area contributed by atoms with E-state index in [1.807, 2.05) is 24.3 Å². The second-order valence-electron chi connectivity index (χ2n) is 4.55. The molecule has 0 unspecified atom stereocenters. The van der Waals surface area contributed by atoms with Crippen LogP contribution in [-0.2, 0) is 21.4 Å². The zero-order chi connectivity index (χ0) is 15.5. The van der Waals surface area contributed by atoms with E-state index < -0.39 is 10.0 Å². The number of nitrogens with one attached hydrogen (secondary N) is 1. The lowest BCUT2D eigenvalue weighted by molar-refractivity contribution is 0.185. The molecule has 0 heterocycles. The maximum atomic E-state index is 11.4. The number of benzene rings is 2. The molecule has 7 heteroatoms. The van der Waals surface area contributed by atoms with E-state index in [1.54, 1.807) is 13.2 Å². The summed E-state index contributed by atoms with van der Waals surface area (Å²) >= 11 is 0. The average Bonchev–Trinajstić information content (AvgIpc) is 2.40. The summed E-state index contributed by atoms with van der Waals surface area (Å²) in [6, 6.07) is 11.9. The van der Waals surface area contributed by atoms with Crippen molar-refractivity contribution in [2.45, 2.75) is 11.5 Å². The minimum absolute atomic E-state index is 0.0331. The summed E-state index contributed by atoms with van der Waals surface area (Å²) < 4.78 is 28.0. The molecule has 0 aliphatic rings. The third kappa shape index (κ3) is 3.94. The van der Waals surface area contributed by atoms with E-state index in [0.717, 1.165) is 11.3 Å². The minimum Gasteiger partial charge on any atom is -0.399 e. The molecule has 0 aromatic heterocycles. The number of primary sulfonamides is 1. The average molecular weight is 307 g/mol. The van der Waals surface area contributed by atoms with Gasteiger partial charge in [-0.2, -0.15) is 0 Å². The van der Waals surface area contributed by atoms with E-state index in [0.29, 0.717) is 18.0 Å². The quantitative estimate of drug-likeness (QED) is 0.730. The second kappa shape index (κ2) is 6.13. The van der Waals surface area contributed by atoms with E-state index >= 15 is 0 Å². The first-order chi connectivity index (χ1) is 9.90. The van der Waals surface area contributed by atoms with Crippen LogP contribution in [0.15, 0.2) is 47.4 Å². The Balaban J connectivity index is 2.38. The van der Waals surface area contributed by atoms with Crippen molar-refractivity contribution in [3.8, 4) is 0 Å². The van der Waals surface area contributed by atoms with Gasteiger partial charge in [-0.15, -0.1) is 0 Å². The van der Waals surface area contributed by atoms with Crippen molar-refractivity contribution in [2.75, 3.05) is 18.2 Å². The number of hydrogen-bond donors (Lipinski definition) is 3. The van der Waals surface area contributed by atoms with Gasteiger partial charge in [-0.3, -0.25) is 0 Å². The molecule has 0 spiro atoms. The molecule has 0 radical (unpaired) electrons. The van der Waals surface area contributed by atoms with Crippen molar-refractivity contribution < 1.29 is 13.2 Å². The Morgan fingerprint density at radius 1 is 1.19 bits per heavy atom. The standard InChI is InChI=1S/C14H17N3O3S/c1-20-9-10-4-2-3-5-14(10)17-12-6-11(15)7-13(8-12)21(16,18)19/h2-8,17H,9,15H2,1H3,(H2,16,18,19). The molecule has 112 valence electrons. The SMILES string of the molecule is COCc1ccccc1Nc1cc(N)cc(S(N)(=O)=O)c1. The van der Waals surface area contributed by atoms with Crippen LogP contribution >= 0.6 is 0 Å². The minimum atomic E-state index is -3.81. The van der Waals surface area contributed by atoms with Crippen LogP contribution in [0.1, 0.15) is 5.56 Å². The molecular formula is C14H17N3O3S. The summed E-state index contributed by atoms with van der Waals surface area (Å²) in [5, 5.41) is 8.27. The molecule has 0 saturated carbocycles. The monoisotopic (exact) mass is 307 g/mol. The lowest BCUT2D eigenvalue weighted by atomic mass is 10.1. The number of rotatable bonds is 5. The van der Waals surface area contributed by atoms with Gasteiger partial charge in [0.2, 0.25) is 10.0 Å². The number of anilines is 3. The summed E-state index contributed by atoms with van der Waals surface area (Å²) in [5.41, 5.74) is 8.33. The second-order valence-corrected chi connectivity index (χ2v) is 6.11. The fourth-order valence-corrected chi connectivity index (χ4v) is 2.53. The largest absolute Gasteiger partial charge is 0.399 e. The lowest BCUT2D eigenvalue weighted by Gasteiger charge is -2.13. The van der Waals surface area contributed by atoms with Gasteiger partial charge < -0.3 is 15.8 Å². The van der Waals surface area contributed by atoms with E-state index in [1.165, 1.54) is 12.1 Å². The summed E-state index contributed by atoms with van der Waals surface area (Å²) in [5.74, 6) is 0. The van der Waals surface area contributed by atoms with Crippen LogP contribution in [0.5, 0.6) is 0 Å². The predicted molar refractivity (Wildman–Crippen MR) is 82.7 cm³/mol. The van der Waals surface area contributed by atoms with Crippen molar-refractivity contribution in [3.05, 3.63) is 48.0 Å². The van der Waals surface area contributed by atoms with Crippen molar-refractivity contribution in [1.82, 2.24) is 0 Å². The van der Waals surface area contributed by atoms with Gasteiger partial charge in [0, 0.05) is 29.7 Å². The Labute approximate surface area is 123 Å². The molecule has 6 nitrogen and oxygen atoms in total. The molecule has 2 rings (SSSR count). The number of sulfonamides is 1. The highest BCUT2D eigenvalue weighted by atomic mass is 32.2. The Hall–Kier alpha value is -2.09. The molecule has 0 fully saturated rings. The fourth-order valence-electron chi connectivity index (χ4n) is 1.94. The van der Waals surface area contributed by atoms with Crippen LogP contribution in [-0.4, -0.2) is 15.5 Å². The zero-order valence-electron chi connectivity index (χ0n) is 11.5. The van der Waals surface area contributed by atoms with E-state index in [2.05, 4.69) is 5.32 Å². The molecule has 0 aliphatic heterocycles. The Kier molecular flexibility index (Phi) is 4.46. The first kappa shape index (κ1) is 15.3. The van der Waals surface area contributed by atoms with Gasteiger partial charge >= 0.3 is 0 Å². The third-order valence-corrected chi connectivity index (χ3v) is 3.75. The van der Waals surface area contributed by atoms with Gasteiger partial charge in [-0.1, -0.05) is 18.2 Å². The van der Waals surface area contributed by atoms with Gasteiger partial charge in [0.1, 0.15) is 0 Å². The Morgan fingerprint density at radius 2 is 1.90 bits per heavy atom. The summed E-state index contributed by atoms with van der Waals surface area (Å²) in [6.45, 7) is 0.438. The van der Waals surface area contributed by atoms with E-state index in [9.17, 15) is 8.42 Å². The first-order valence-corrected chi connectivity index (χ1v) is 7.72. The third-order valence-electron chi connectivity index (χ3n) is 2.85. The van der Waals surface area contributed by atoms with E-state index in [-0.39, 0.29) is 4.90 Å². The maximum absolute atomic E-state index is 11.4. The highest BCUT2D eigenvalue weighted by molar-refractivity contribution is 7.89. The molecule has 0 saturated heterocycles. The molecule has 0 aliphatic carbocycles. The normalized spacial score (nSPS) is 11.3. The van der Waals surface area contributed by atoms with Gasteiger partial charge in [0.15, 0.2) is 0 Å². The zero-order valence-corrected chi connectivity index (χ0v) is 12.4. The summed E-state index contributed by atoms with van der Waals surface area (Å²) in [7, 11) is -2.20. The van der Waals surface area contributed by atoms with Crippen LogP contribution in [0, 0.1) is 0 Å². The molecule has 5 N–H and O–H groups in total. The van der Waals surface area contributed by atoms with Gasteiger partial charge in [0.05, 0.1) is 11.5 Å². The maximum Gasteiger partial charge on any atom is 0.238 e.